The Morgan fingerprint density at radius 3 is 2.74 bits per heavy atom. The van der Waals surface area contributed by atoms with Gasteiger partial charge in [-0.25, -0.2) is 0 Å². The summed E-state index contributed by atoms with van der Waals surface area (Å²) in [6.45, 7) is 4.92. The molecule has 1 aromatic carbocycles. The molecule has 1 fully saturated rings. The fourth-order valence-corrected chi connectivity index (χ4v) is 2.71. The zero-order valence-electron chi connectivity index (χ0n) is 11.1. The lowest BCUT2D eigenvalue weighted by Crippen LogP contribution is -2.33. The van der Waals surface area contributed by atoms with Crippen molar-refractivity contribution in [1.29, 1.82) is 0 Å². The molecule has 1 aliphatic heterocycles. The van der Waals surface area contributed by atoms with Crippen LogP contribution in [-0.4, -0.2) is 54.3 Å². The van der Waals surface area contributed by atoms with Crippen LogP contribution in [0.15, 0.2) is 24.3 Å². The van der Waals surface area contributed by atoms with E-state index in [2.05, 4.69) is 15.9 Å². The van der Waals surface area contributed by atoms with Crippen molar-refractivity contribution in [2.75, 3.05) is 44.2 Å². The number of rotatable bonds is 4. The van der Waals surface area contributed by atoms with Gasteiger partial charge in [-0.2, -0.15) is 0 Å². The summed E-state index contributed by atoms with van der Waals surface area (Å²) in [6, 6.07) is 8.05. The van der Waals surface area contributed by atoms with E-state index < -0.39 is 0 Å². The monoisotopic (exact) mass is 279 g/mol. The van der Waals surface area contributed by atoms with Crippen molar-refractivity contribution >= 4 is 22.9 Å². The number of benzene rings is 1. The van der Waals surface area contributed by atoms with Gasteiger partial charge in [-0.15, -0.1) is 0 Å². The number of aliphatic hydroxyl groups is 1. The van der Waals surface area contributed by atoms with Gasteiger partial charge in [0.1, 0.15) is 4.99 Å². The molecule has 4 nitrogen and oxygen atoms in total. The predicted octanol–water partition coefficient (Wildman–Crippen LogP) is 0.825. The minimum Gasteiger partial charge on any atom is -0.395 e. The van der Waals surface area contributed by atoms with E-state index in [0.29, 0.717) is 4.99 Å². The maximum absolute atomic E-state index is 9.02. The van der Waals surface area contributed by atoms with Crippen molar-refractivity contribution in [1.82, 2.24) is 4.90 Å². The summed E-state index contributed by atoms with van der Waals surface area (Å²) >= 11 is 5.13. The number of aliphatic hydroxyl groups excluding tert-OH is 1. The molecule has 0 radical (unpaired) electrons. The van der Waals surface area contributed by atoms with Crippen LogP contribution in [0.25, 0.3) is 0 Å². The molecule has 5 heteroatoms. The minimum atomic E-state index is 0.226. The third-order valence-corrected chi connectivity index (χ3v) is 3.73. The Kier molecular flexibility index (Phi) is 5.13. The van der Waals surface area contributed by atoms with Crippen LogP contribution in [0.5, 0.6) is 0 Å². The molecule has 0 bridgehead atoms. The maximum Gasteiger partial charge on any atom is 0.106 e. The van der Waals surface area contributed by atoms with Crippen LogP contribution in [0.1, 0.15) is 12.0 Å². The van der Waals surface area contributed by atoms with Gasteiger partial charge in [0.2, 0.25) is 0 Å². The van der Waals surface area contributed by atoms with Gasteiger partial charge in [-0.1, -0.05) is 24.4 Å². The Bertz CT molecular complexity index is 438. The molecule has 1 aliphatic rings. The Balaban J connectivity index is 2.12. The number of β-amino-alcohol motifs (C(OH)–C–C–N with tert-alkyl or cyclic N) is 1. The molecule has 0 aliphatic carbocycles. The Hall–Kier alpha value is -1.17. The maximum atomic E-state index is 9.02. The van der Waals surface area contributed by atoms with E-state index in [-0.39, 0.29) is 6.61 Å². The van der Waals surface area contributed by atoms with E-state index in [0.717, 1.165) is 50.4 Å². The highest BCUT2D eigenvalue weighted by Gasteiger charge is 2.17. The zero-order valence-corrected chi connectivity index (χ0v) is 11.9. The Labute approximate surface area is 119 Å². The third-order valence-electron chi connectivity index (χ3n) is 3.51. The molecule has 0 saturated carbocycles. The van der Waals surface area contributed by atoms with Gasteiger partial charge in [0, 0.05) is 37.4 Å². The van der Waals surface area contributed by atoms with Crippen LogP contribution < -0.4 is 10.6 Å². The molecule has 0 atom stereocenters. The molecule has 3 N–H and O–H groups in total. The zero-order chi connectivity index (χ0) is 13.7. The molecule has 104 valence electrons. The Morgan fingerprint density at radius 2 is 2.00 bits per heavy atom. The number of para-hydroxylation sites is 1. The van der Waals surface area contributed by atoms with Crippen molar-refractivity contribution in [2.24, 2.45) is 5.73 Å². The summed E-state index contributed by atoms with van der Waals surface area (Å²) in [5.74, 6) is 0. The van der Waals surface area contributed by atoms with Gasteiger partial charge in [-0.05, 0) is 25.1 Å². The van der Waals surface area contributed by atoms with Gasteiger partial charge in [0.15, 0.2) is 0 Å². The minimum absolute atomic E-state index is 0.226. The van der Waals surface area contributed by atoms with Crippen LogP contribution >= 0.6 is 12.2 Å². The molecule has 1 heterocycles. The highest BCUT2D eigenvalue weighted by Crippen LogP contribution is 2.21. The summed E-state index contributed by atoms with van der Waals surface area (Å²) in [5, 5.41) is 9.02. The fraction of sp³-hybridized carbons (Fsp3) is 0.500. The van der Waals surface area contributed by atoms with Crippen LogP contribution in [0.3, 0.4) is 0 Å². The smallest absolute Gasteiger partial charge is 0.106 e. The second kappa shape index (κ2) is 6.84. The van der Waals surface area contributed by atoms with Gasteiger partial charge >= 0.3 is 0 Å². The number of thiocarbonyl (C=S) groups is 1. The third kappa shape index (κ3) is 3.65. The van der Waals surface area contributed by atoms with Gasteiger partial charge in [0.25, 0.3) is 0 Å². The van der Waals surface area contributed by atoms with Crippen LogP contribution in [-0.2, 0) is 0 Å². The van der Waals surface area contributed by atoms with Crippen LogP contribution in [0.4, 0.5) is 5.69 Å². The second-order valence-electron chi connectivity index (χ2n) is 4.79. The van der Waals surface area contributed by atoms with Crippen molar-refractivity contribution < 1.29 is 5.11 Å². The van der Waals surface area contributed by atoms with E-state index in [9.17, 15) is 0 Å². The van der Waals surface area contributed by atoms with E-state index in [1.807, 2.05) is 18.2 Å². The van der Waals surface area contributed by atoms with Gasteiger partial charge in [-0.3, -0.25) is 4.90 Å². The number of nitrogens with two attached hydrogens (primary N) is 1. The SMILES string of the molecule is NC(=S)c1ccccc1N1CCCN(CCO)CC1. The standard InChI is InChI=1S/C14H21N3OS/c15-14(19)12-4-1-2-5-13(12)17-7-3-6-16(8-9-17)10-11-18/h1-2,4-5,18H,3,6-11H2,(H2,15,19). The molecular formula is C14H21N3OS. The molecule has 19 heavy (non-hydrogen) atoms. The van der Waals surface area contributed by atoms with Crippen LogP contribution in [0.2, 0.25) is 0 Å². The number of anilines is 1. The van der Waals surface area contributed by atoms with E-state index in [1.54, 1.807) is 0 Å². The molecule has 0 spiro atoms. The predicted molar refractivity (Wildman–Crippen MR) is 82.7 cm³/mol. The van der Waals surface area contributed by atoms with Crippen molar-refractivity contribution in [3.8, 4) is 0 Å². The molecule has 0 amide bonds. The lowest BCUT2D eigenvalue weighted by Gasteiger charge is -2.25. The first-order valence-corrected chi connectivity index (χ1v) is 7.10. The van der Waals surface area contributed by atoms with E-state index in [1.165, 1.54) is 0 Å². The summed E-state index contributed by atoms with van der Waals surface area (Å²) < 4.78 is 0. The first-order valence-electron chi connectivity index (χ1n) is 6.69. The molecular weight excluding hydrogens is 258 g/mol. The number of hydrogen-bond donors (Lipinski definition) is 2. The first kappa shape index (κ1) is 14.2. The van der Waals surface area contributed by atoms with Crippen molar-refractivity contribution in [2.45, 2.75) is 6.42 Å². The lowest BCUT2D eigenvalue weighted by molar-refractivity contribution is 0.204. The number of nitrogens with zero attached hydrogens (tertiary/aromatic N) is 2. The molecule has 1 saturated heterocycles. The summed E-state index contributed by atoms with van der Waals surface area (Å²) in [5.41, 5.74) is 7.87. The first-order chi connectivity index (χ1) is 9.22. The average molecular weight is 279 g/mol. The molecule has 0 unspecified atom stereocenters. The molecule has 1 aromatic rings. The van der Waals surface area contributed by atoms with E-state index >= 15 is 0 Å². The lowest BCUT2D eigenvalue weighted by atomic mass is 10.1. The second-order valence-corrected chi connectivity index (χ2v) is 5.23. The summed E-state index contributed by atoms with van der Waals surface area (Å²) in [4.78, 5) is 5.09. The van der Waals surface area contributed by atoms with Crippen molar-refractivity contribution in [3.63, 3.8) is 0 Å². The van der Waals surface area contributed by atoms with Crippen molar-refractivity contribution in [3.05, 3.63) is 29.8 Å². The van der Waals surface area contributed by atoms with Gasteiger partial charge in [0.05, 0.1) is 6.61 Å². The average Bonchev–Trinajstić information content (AvgIpc) is 2.65. The fourth-order valence-electron chi connectivity index (χ4n) is 2.53. The van der Waals surface area contributed by atoms with E-state index in [4.69, 9.17) is 23.1 Å². The highest BCUT2D eigenvalue weighted by atomic mass is 32.1. The largest absolute Gasteiger partial charge is 0.395 e. The highest BCUT2D eigenvalue weighted by molar-refractivity contribution is 7.80. The number of hydrogen-bond acceptors (Lipinski definition) is 4. The Morgan fingerprint density at radius 1 is 1.21 bits per heavy atom. The topological polar surface area (TPSA) is 52.7 Å². The van der Waals surface area contributed by atoms with Crippen LogP contribution in [0, 0.1) is 0 Å². The molecule has 0 aromatic heterocycles. The summed E-state index contributed by atoms with van der Waals surface area (Å²) in [7, 11) is 0. The quantitative estimate of drug-likeness (QED) is 0.800. The summed E-state index contributed by atoms with van der Waals surface area (Å²) in [6.07, 6.45) is 1.09. The van der Waals surface area contributed by atoms with Gasteiger partial charge < -0.3 is 15.7 Å². The normalized spacial score (nSPS) is 17.2. The molecule has 2 rings (SSSR count).